The number of rotatable bonds is 51. The summed E-state index contributed by atoms with van der Waals surface area (Å²) in [5.74, 6) is 0.439. The zero-order valence-electron chi connectivity index (χ0n) is 70.6. The predicted octanol–water partition coefficient (Wildman–Crippen LogP) is -1.95. The summed E-state index contributed by atoms with van der Waals surface area (Å²) in [7, 11) is 2.00. The second-order valence-electron chi connectivity index (χ2n) is 27.2. The Hall–Kier alpha value is -8.20. The van der Waals surface area contributed by atoms with E-state index < -0.39 is 92.3 Å². The van der Waals surface area contributed by atoms with Crippen molar-refractivity contribution in [1.29, 1.82) is 0 Å². The van der Waals surface area contributed by atoms with Crippen LogP contribution in [0.3, 0.4) is 0 Å². The molecule has 0 spiro atoms. The van der Waals surface area contributed by atoms with E-state index in [1.807, 2.05) is 60.5 Å². The lowest BCUT2D eigenvalue weighted by Crippen LogP contribution is -2.49. The first kappa shape index (κ1) is 124. The molecule has 2 aliphatic carbocycles. The molecule has 2 aliphatic rings. The molecule has 0 saturated heterocycles. The minimum Gasteiger partial charge on any atom is -0.499 e. The Morgan fingerprint density at radius 3 is 1.24 bits per heavy atom. The van der Waals surface area contributed by atoms with Gasteiger partial charge in [0.1, 0.15) is 75.3 Å². The zero-order valence-corrected chi connectivity index (χ0v) is 70.6. The van der Waals surface area contributed by atoms with E-state index >= 15 is 0 Å². The van der Waals surface area contributed by atoms with Crippen molar-refractivity contribution in [3.63, 3.8) is 0 Å². The van der Waals surface area contributed by atoms with Gasteiger partial charge < -0.3 is 151 Å². The largest absolute Gasteiger partial charge is 0.499 e. The normalized spacial score (nSPS) is 16.2. The van der Waals surface area contributed by atoms with Crippen molar-refractivity contribution in [2.45, 2.75) is 107 Å². The second-order valence-corrected chi connectivity index (χ2v) is 27.2. The van der Waals surface area contributed by atoms with Crippen LogP contribution in [0.4, 0.5) is 0 Å². The quantitative estimate of drug-likeness (QED) is 0.0112. The number of esters is 2. The number of hydrogen-bond donors (Lipinski definition) is 24. The van der Waals surface area contributed by atoms with E-state index in [0.29, 0.717) is 85.1 Å². The molecule has 35 heteroatoms. The number of nitrogens with one attached hydrogen (secondary N) is 2. The summed E-state index contributed by atoms with van der Waals surface area (Å²) in [5.41, 5.74) is 3.77. The van der Waals surface area contributed by atoms with E-state index in [0.717, 1.165) is 48.4 Å². The fourth-order valence-electron chi connectivity index (χ4n) is 9.57. The highest BCUT2D eigenvalue weighted by molar-refractivity contribution is 5.92. The summed E-state index contributed by atoms with van der Waals surface area (Å²) >= 11 is 0. The topological polar surface area (TPSA) is 587 Å². The molecule has 121 heavy (non-hydrogen) atoms. The highest BCUT2D eigenvalue weighted by Crippen LogP contribution is 2.51. The molecule has 1 fully saturated rings. The fraction of sp³-hybridized carbons (Fsp3) is 0.535. The van der Waals surface area contributed by atoms with Crippen molar-refractivity contribution < 1.29 is 160 Å². The minimum atomic E-state index is -1.00. The number of amides is 2. The van der Waals surface area contributed by atoms with Crippen molar-refractivity contribution in [3.8, 4) is 5.75 Å². The smallest absolute Gasteiger partial charge is 0.333 e. The number of aliphatic hydroxyl groups is 22. The number of ether oxygens (including phenoxy) is 5. The van der Waals surface area contributed by atoms with Crippen molar-refractivity contribution in [2.24, 2.45) is 23.7 Å². The van der Waals surface area contributed by atoms with Gasteiger partial charge in [0.05, 0.1) is 143 Å². The Morgan fingerprint density at radius 1 is 0.471 bits per heavy atom. The monoisotopic (exact) mass is 1730 g/mol. The number of nitrogens with zero attached hydrogens (tertiary/aromatic N) is 2. The predicted molar refractivity (Wildman–Crippen MR) is 461 cm³/mol. The van der Waals surface area contributed by atoms with Crippen molar-refractivity contribution in [2.75, 3.05) is 165 Å². The van der Waals surface area contributed by atoms with Gasteiger partial charge in [-0.25, -0.2) is 9.59 Å². The maximum atomic E-state index is 10.8. The van der Waals surface area contributed by atoms with Crippen LogP contribution in [0.1, 0.15) is 49.8 Å². The van der Waals surface area contributed by atoms with Crippen molar-refractivity contribution in [3.05, 3.63) is 204 Å². The Labute approximate surface area is 713 Å². The first-order valence-corrected chi connectivity index (χ1v) is 38.5. The number of fused-ring (bicyclic) bond motifs is 2. The Morgan fingerprint density at radius 2 is 0.868 bits per heavy atom. The molecule has 2 aromatic rings. The van der Waals surface area contributed by atoms with Crippen molar-refractivity contribution in [1.82, 2.24) is 15.5 Å². The molecular weight excluding hydrogens is 1580 g/mol. The van der Waals surface area contributed by atoms with Gasteiger partial charge in [0.25, 0.3) is 0 Å². The summed E-state index contributed by atoms with van der Waals surface area (Å²) in [6.45, 7) is 42.5. The molecule has 694 valence electrons. The Kier molecular flexibility index (Phi) is 83.2. The number of carbonyl (C=O) groups excluding carboxylic acids is 4. The first-order valence-electron chi connectivity index (χ1n) is 38.5. The number of allylic oxidation sites excluding steroid dienone is 2. The van der Waals surface area contributed by atoms with Crippen LogP contribution in [0, 0.1) is 23.7 Å². The van der Waals surface area contributed by atoms with Crippen LogP contribution < -0.4 is 15.4 Å². The molecule has 35 nitrogen and oxygen atoms in total. The van der Waals surface area contributed by atoms with Gasteiger partial charge in [-0.05, 0) is 104 Å². The van der Waals surface area contributed by atoms with Crippen LogP contribution in [0.2, 0.25) is 0 Å². The third kappa shape index (κ3) is 72.0. The van der Waals surface area contributed by atoms with Gasteiger partial charge in [0, 0.05) is 49.9 Å². The van der Waals surface area contributed by atoms with Gasteiger partial charge in [-0.2, -0.15) is 0 Å². The standard InChI is InChI=1S/C13H22O4.C12H16O3.C11H14O3.C10H20NO2.C9H17NO2.C7H13NO3.C7H12O4.C6H11NO3.C6H10O4.C5H10O3/c14-6-10(16)4-12-8-1-2-9(3-8)13(12)5-11(17)7-15;1-2-10-3-5-11(6-4-10)8-15-9-12(14)7-13;1-2-9-3-5-11(6-4-9)14-8-10(13)7-12;1-4-6-11(3,7-5-2)8-10(13)9-12;1-3-5-10(6-4-2)7-9(12)8-11;1-5(2)7(11)8-3-6(10)4-9;1-5(2)7(10)11-4-6(9)3-8;1-2-6(10)7-3-5(9)4-8;1-2-6(9)10-4-5(8)3-7;1-2-8-4-5(7)3-6/h1-2,8-17H,3-7H2;2-6,12-14H,1,7-9H2;2-6,10,12-13H,1,7-8H2;4-5,10,12-13H,1-2,6-9H2,3H3;3-4,9,11-12H,1-2,5-8H2;6,9-10H,1,3-4H2,2H3,(H,8,11);6,8-9H,1,3-4H2,2H3;2,5,8-9H,1,3-4H2,(H,7,10);2,5,7-8H,1,3-4H2;2,5-7H,1,3-4H2/q;;;+1;;;;;;. The molecule has 0 radical (unpaired) electrons. The highest BCUT2D eigenvalue weighted by atomic mass is 16.6. The first-order chi connectivity index (χ1) is 57.3. The fourth-order valence-corrected chi connectivity index (χ4v) is 9.57. The molecule has 2 bridgehead atoms. The molecular formula is C86H145N4O31+. The number of hydrogen-bond acceptors (Lipinski definition) is 32. The van der Waals surface area contributed by atoms with Crippen LogP contribution >= 0.6 is 0 Å². The number of quaternary nitrogens is 1. The van der Waals surface area contributed by atoms with Crippen LogP contribution in [-0.4, -0.2) is 378 Å². The van der Waals surface area contributed by atoms with Crippen LogP contribution in [-0.2, 0) is 44.7 Å². The van der Waals surface area contributed by atoms with E-state index in [2.05, 4.69) is 109 Å². The lowest BCUT2D eigenvalue weighted by atomic mass is 9.77. The van der Waals surface area contributed by atoms with Gasteiger partial charge in [0.2, 0.25) is 11.8 Å². The highest BCUT2D eigenvalue weighted by Gasteiger charge is 2.45. The molecule has 1 saturated carbocycles. The third-order valence-electron chi connectivity index (χ3n) is 15.9. The van der Waals surface area contributed by atoms with Gasteiger partial charge in [-0.15, -0.1) is 13.2 Å². The van der Waals surface area contributed by atoms with Crippen LogP contribution in [0.25, 0.3) is 12.2 Å². The van der Waals surface area contributed by atoms with Gasteiger partial charge in [-0.3, -0.25) is 14.5 Å². The second kappa shape index (κ2) is 81.5. The Balaban J connectivity index is -0.000000306. The van der Waals surface area contributed by atoms with E-state index in [4.69, 9.17) is 106 Å². The van der Waals surface area contributed by atoms with E-state index in [-0.39, 0.29) is 123 Å². The van der Waals surface area contributed by atoms with Gasteiger partial charge in [0.15, 0.2) is 0 Å². The molecule has 24 N–H and O–H groups in total. The number of likely N-dealkylation sites (N-methyl/N-ethyl adjacent to an activating group) is 1. The molecule has 0 aliphatic heterocycles. The van der Waals surface area contributed by atoms with E-state index in [1.165, 1.54) is 13.2 Å². The van der Waals surface area contributed by atoms with Gasteiger partial charge in [-0.1, -0.05) is 132 Å². The molecule has 4 rings (SSSR count). The number of benzene rings is 2. The minimum absolute atomic E-state index is 0.0569. The molecule has 15 unspecified atom stereocenters. The van der Waals surface area contributed by atoms with Crippen LogP contribution in [0.15, 0.2) is 187 Å². The molecule has 0 heterocycles. The molecule has 0 aromatic heterocycles. The number of carbonyl (C=O) groups is 4. The summed E-state index contributed by atoms with van der Waals surface area (Å²) in [5, 5.41) is 197. The lowest BCUT2D eigenvalue weighted by Gasteiger charge is -2.33. The summed E-state index contributed by atoms with van der Waals surface area (Å²) in [6.07, 6.45) is 11.8. The van der Waals surface area contributed by atoms with E-state index in [1.54, 1.807) is 43.4 Å². The average molecular weight is 1730 g/mol. The summed E-state index contributed by atoms with van der Waals surface area (Å²) in [6, 6.07) is 15.1. The third-order valence-corrected chi connectivity index (χ3v) is 15.9. The summed E-state index contributed by atoms with van der Waals surface area (Å²) in [4.78, 5) is 44.1. The molecule has 15 atom stereocenters. The maximum Gasteiger partial charge on any atom is 0.333 e. The number of aliphatic hydroxyl groups excluding tert-OH is 22. The lowest BCUT2D eigenvalue weighted by molar-refractivity contribution is -0.901. The molecule has 2 amide bonds. The summed E-state index contributed by atoms with van der Waals surface area (Å²) < 4.78 is 24.5. The van der Waals surface area contributed by atoms with Crippen molar-refractivity contribution >= 4 is 35.9 Å². The SMILES string of the molecule is C=C(C)C(=O)NCC(O)CO.C=C(C)C(=O)OCC(O)CO.C=CC(=O)NCC(O)CO.C=CC(=O)OCC(O)CO.C=CCN(CC=C)CC(O)CO.C=CC[N+](C)(CC=C)CC(O)CO.C=COCC(O)CO.C=Cc1ccc(COCC(O)CO)cc1.C=Cc1ccc(OCC(O)CO)cc1.OCC(O)CC1C2C=CC(C2)C1CC(O)CO. The Bertz CT molecular complexity index is 2960. The molecule has 2 aromatic carbocycles. The average Bonchev–Trinajstić information content (AvgIpc) is 1.63. The van der Waals surface area contributed by atoms with Crippen LogP contribution in [0.5, 0.6) is 5.75 Å². The maximum absolute atomic E-state index is 10.8. The zero-order chi connectivity index (χ0) is 93.7. The van der Waals surface area contributed by atoms with Gasteiger partial charge >= 0.3 is 11.9 Å². The van der Waals surface area contributed by atoms with E-state index in [9.17, 15) is 34.5 Å².